The van der Waals surface area contributed by atoms with E-state index >= 15 is 0 Å². The first-order chi connectivity index (χ1) is 11.5. The van der Waals surface area contributed by atoms with E-state index in [1.807, 2.05) is 0 Å². The molecule has 0 radical (unpaired) electrons. The number of carbonyl (C=O) groups is 1. The second-order valence-electron chi connectivity index (χ2n) is 5.91. The Bertz CT molecular complexity index is 708. The molecular formula is C17H16F3N3O. The summed E-state index contributed by atoms with van der Waals surface area (Å²) in [6, 6.07) is 1.09. The van der Waals surface area contributed by atoms with Gasteiger partial charge in [0, 0.05) is 42.6 Å². The summed E-state index contributed by atoms with van der Waals surface area (Å²) < 4.78 is 40.5. The van der Waals surface area contributed by atoms with Gasteiger partial charge >= 0.3 is 0 Å². The highest BCUT2D eigenvalue weighted by molar-refractivity contribution is 5.98. The van der Waals surface area contributed by atoms with E-state index in [4.69, 9.17) is 0 Å². The third-order valence-electron chi connectivity index (χ3n) is 4.23. The van der Waals surface area contributed by atoms with Crippen molar-refractivity contribution in [3.05, 3.63) is 59.4 Å². The predicted molar refractivity (Wildman–Crippen MR) is 80.7 cm³/mol. The summed E-state index contributed by atoms with van der Waals surface area (Å²) >= 11 is 0. The number of carbonyl (C=O) groups excluding carboxylic acids is 1. The summed E-state index contributed by atoms with van der Waals surface area (Å²) in [5.41, 5.74) is 0.337. The molecule has 3 rings (SSSR count). The van der Waals surface area contributed by atoms with E-state index in [2.05, 4.69) is 14.9 Å². The normalized spacial score (nSPS) is 16.3. The smallest absolute Gasteiger partial charge is 0.171 e. The number of ketones is 1. The molecule has 7 heteroatoms. The molecule has 1 fully saturated rings. The van der Waals surface area contributed by atoms with E-state index in [0.717, 1.165) is 5.56 Å². The molecule has 1 saturated heterocycles. The second-order valence-corrected chi connectivity index (χ2v) is 5.91. The van der Waals surface area contributed by atoms with Crippen LogP contribution in [0.5, 0.6) is 0 Å². The number of rotatable bonds is 4. The van der Waals surface area contributed by atoms with Crippen LogP contribution in [-0.4, -0.2) is 33.7 Å². The number of hydrogen-bond donors (Lipinski definition) is 0. The van der Waals surface area contributed by atoms with Gasteiger partial charge in [0.2, 0.25) is 0 Å². The van der Waals surface area contributed by atoms with Crippen LogP contribution in [0.3, 0.4) is 0 Å². The molecule has 0 unspecified atom stereocenters. The molecule has 24 heavy (non-hydrogen) atoms. The number of aromatic nitrogens is 2. The van der Waals surface area contributed by atoms with Gasteiger partial charge < -0.3 is 0 Å². The largest absolute Gasteiger partial charge is 0.299 e. The molecule has 0 atom stereocenters. The van der Waals surface area contributed by atoms with Gasteiger partial charge in [-0.05, 0) is 25.9 Å². The minimum Gasteiger partial charge on any atom is -0.299 e. The zero-order valence-corrected chi connectivity index (χ0v) is 12.9. The SMILES string of the molecule is O=C(c1c(F)cc(F)cc1F)C1CCN(Cc2cncnc2)CC1. The minimum atomic E-state index is -1.14. The Kier molecular flexibility index (Phi) is 4.89. The Labute approximate surface area is 137 Å². The zero-order chi connectivity index (χ0) is 17.1. The highest BCUT2D eigenvalue weighted by atomic mass is 19.1. The lowest BCUT2D eigenvalue weighted by molar-refractivity contribution is 0.0826. The third kappa shape index (κ3) is 3.62. The van der Waals surface area contributed by atoms with Gasteiger partial charge in [0.1, 0.15) is 23.8 Å². The molecule has 0 N–H and O–H groups in total. The Balaban J connectivity index is 1.63. The van der Waals surface area contributed by atoms with E-state index in [0.29, 0.717) is 44.6 Å². The van der Waals surface area contributed by atoms with Gasteiger partial charge in [-0.15, -0.1) is 0 Å². The lowest BCUT2D eigenvalue weighted by atomic mass is 9.88. The summed E-state index contributed by atoms with van der Waals surface area (Å²) in [6.45, 7) is 1.94. The highest BCUT2D eigenvalue weighted by Crippen LogP contribution is 2.26. The van der Waals surface area contributed by atoms with Crippen LogP contribution in [0.15, 0.2) is 30.9 Å². The van der Waals surface area contributed by atoms with Crippen LogP contribution in [0.25, 0.3) is 0 Å². The highest BCUT2D eigenvalue weighted by Gasteiger charge is 2.29. The van der Waals surface area contributed by atoms with Crippen LogP contribution in [0.2, 0.25) is 0 Å². The lowest BCUT2D eigenvalue weighted by Gasteiger charge is -2.31. The van der Waals surface area contributed by atoms with Crippen molar-refractivity contribution in [2.75, 3.05) is 13.1 Å². The fourth-order valence-electron chi connectivity index (χ4n) is 3.00. The average molecular weight is 335 g/mol. The molecular weight excluding hydrogens is 319 g/mol. The zero-order valence-electron chi connectivity index (χ0n) is 12.9. The molecule has 1 aliphatic heterocycles. The number of piperidine rings is 1. The summed E-state index contributed by atoms with van der Waals surface area (Å²) in [5.74, 6) is -4.35. The minimum absolute atomic E-state index is 0.456. The Hall–Kier alpha value is -2.28. The van der Waals surface area contributed by atoms with Gasteiger partial charge in [0.25, 0.3) is 0 Å². The van der Waals surface area contributed by atoms with E-state index < -0.39 is 34.7 Å². The van der Waals surface area contributed by atoms with Crippen molar-refractivity contribution in [2.45, 2.75) is 19.4 Å². The van der Waals surface area contributed by atoms with Gasteiger partial charge in [-0.3, -0.25) is 9.69 Å². The number of nitrogens with zero attached hydrogens (tertiary/aromatic N) is 3. The number of likely N-dealkylation sites (tertiary alicyclic amines) is 1. The molecule has 0 bridgehead atoms. The van der Waals surface area contributed by atoms with Gasteiger partial charge in [0.15, 0.2) is 5.78 Å². The van der Waals surface area contributed by atoms with Crippen molar-refractivity contribution in [1.29, 1.82) is 0 Å². The monoisotopic (exact) mass is 335 g/mol. The molecule has 1 aromatic carbocycles. The first-order valence-electron chi connectivity index (χ1n) is 7.69. The van der Waals surface area contributed by atoms with Crippen LogP contribution >= 0.6 is 0 Å². The molecule has 4 nitrogen and oxygen atoms in total. The maximum Gasteiger partial charge on any atom is 0.171 e. The van der Waals surface area contributed by atoms with E-state index in [1.165, 1.54) is 6.33 Å². The average Bonchev–Trinajstić information content (AvgIpc) is 2.55. The van der Waals surface area contributed by atoms with Crippen LogP contribution in [0.1, 0.15) is 28.8 Å². The quantitative estimate of drug-likeness (QED) is 0.806. The molecule has 1 aliphatic rings. The first-order valence-corrected chi connectivity index (χ1v) is 7.69. The second kappa shape index (κ2) is 7.09. The van der Waals surface area contributed by atoms with Crippen molar-refractivity contribution < 1.29 is 18.0 Å². The molecule has 1 aromatic heterocycles. The van der Waals surface area contributed by atoms with Crippen molar-refractivity contribution in [3.8, 4) is 0 Å². The maximum atomic E-state index is 13.8. The maximum absolute atomic E-state index is 13.8. The van der Waals surface area contributed by atoms with E-state index in [-0.39, 0.29) is 0 Å². The molecule has 126 valence electrons. The first kappa shape index (κ1) is 16.6. The topological polar surface area (TPSA) is 46.1 Å². The molecule has 0 amide bonds. The van der Waals surface area contributed by atoms with E-state index in [9.17, 15) is 18.0 Å². The summed E-state index contributed by atoms with van der Waals surface area (Å²) in [6.07, 6.45) is 5.92. The molecule has 2 aromatic rings. The van der Waals surface area contributed by atoms with Gasteiger partial charge in [0.05, 0.1) is 5.56 Å². The Morgan fingerprint density at radius 3 is 2.25 bits per heavy atom. The predicted octanol–water partition coefficient (Wildman–Crippen LogP) is 2.99. The summed E-state index contributed by atoms with van der Waals surface area (Å²) in [4.78, 5) is 22.4. The van der Waals surface area contributed by atoms with Crippen LogP contribution in [0.4, 0.5) is 13.2 Å². The van der Waals surface area contributed by atoms with Crippen molar-refractivity contribution >= 4 is 5.78 Å². The van der Waals surface area contributed by atoms with Gasteiger partial charge in [-0.1, -0.05) is 0 Å². The number of hydrogen-bond acceptors (Lipinski definition) is 4. The molecule has 0 spiro atoms. The fraction of sp³-hybridized carbons (Fsp3) is 0.353. The molecule has 0 saturated carbocycles. The van der Waals surface area contributed by atoms with Gasteiger partial charge in [-0.2, -0.15) is 0 Å². The third-order valence-corrected chi connectivity index (χ3v) is 4.23. The summed E-state index contributed by atoms with van der Waals surface area (Å²) in [7, 11) is 0. The lowest BCUT2D eigenvalue weighted by Crippen LogP contribution is -2.36. The standard InChI is InChI=1S/C17H16F3N3O/c18-13-5-14(19)16(15(20)6-13)17(24)12-1-3-23(4-2-12)9-11-7-21-10-22-8-11/h5-8,10,12H,1-4,9H2. The van der Waals surface area contributed by atoms with Crippen molar-refractivity contribution in [2.24, 2.45) is 5.92 Å². The van der Waals surface area contributed by atoms with Crippen LogP contribution < -0.4 is 0 Å². The van der Waals surface area contributed by atoms with Crippen LogP contribution in [0, 0.1) is 23.4 Å². The number of benzene rings is 1. The summed E-state index contributed by atoms with van der Waals surface area (Å²) in [5, 5.41) is 0. The van der Waals surface area contributed by atoms with E-state index in [1.54, 1.807) is 12.4 Å². The fourth-order valence-corrected chi connectivity index (χ4v) is 3.00. The van der Waals surface area contributed by atoms with Crippen molar-refractivity contribution in [3.63, 3.8) is 0 Å². The van der Waals surface area contributed by atoms with Crippen molar-refractivity contribution in [1.82, 2.24) is 14.9 Å². The molecule has 2 heterocycles. The van der Waals surface area contributed by atoms with Crippen LogP contribution in [-0.2, 0) is 6.54 Å². The molecule has 0 aliphatic carbocycles. The van der Waals surface area contributed by atoms with Gasteiger partial charge in [-0.25, -0.2) is 23.1 Å². The number of halogens is 3. The number of Topliss-reactive ketones (excluding diaryl/α,β-unsaturated/α-hetero) is 1. The Morgan fingerprint density at radius 2 is 1.67 bits per heavy atom. The Morgan fingerprint density at radius 1 is 1.08 bits per heavy atom.